The molecule has 0 spiro atoms. The summed E-state index contributed by atoms with van der Waals surface area (Å²) in [5, 5.41) is 8.29. The summed E-state index contributed by atoms with van der Waals surface area (Å²) >= 11 is 5.63. The molecule has 0 unspecified atom stereocenters. The van der Waals surface area contributed by atoms with Gasteiger partial charge in [0, 0.05) is 6.07 Å². The summed E-state index contributed by atoms with van der Waals surface area (Å²) in [6.07, 6.45) is -11.9. The molecule has 0 saturated heterocycles. The van der Waals surface area contributed by atoms with Crippen LogP contribution in [0.4, 0.5) is 35.5 Å². The maximum absolute atomic E-state index is 14.0. The molecule has 0 fully saturated rings. The van der Waals surface area contributed by atoms with Crippen molar-refractivity contribution in [2.75, 3.05) is 0 Å². The van der Waals surface area contributed by atoms with Crippen molar-refractivity contribution >= 4 is 28.7 Å². The predicted octanol–water partition coefficient (Wildman–Crippen LogP) is 6.18. The zero-order chi connectivity index (χ0) is 21.7. The van der Waals surface area contributed by atoms with Gasteiger partial charge in [0.2, 0.25) is 5.82 Å². The van der Waals surface area contributed by atoms with Gasteiger partial charge >= 0.3 is 18.4 Å². The highest BCUT2D eigenvalue weighted by molar-refractivity contribution is 6.32. The Bertz CT molecular complexity index is 1100. The number of carbonyl (C=O) groups is 1. The highest BCUT2D eigenvalue weighted by Crippen LogP contribution is 2.39. The summed E-state index contributed by atoms with van der Waals surface area (Å²) in [6.45, 7) is 0. The van der Waals surface area contributed by atoms with Gasteiger partial charge in [0.1, 0.15) is 5.75 Å². The van der Waals surface area contributed by atoms with E-state index in [0.29, 0.717) is 6.07 Å². The van der Waals surface area contributed by atoms with Crippen molar-refractivity contribution in [3.63, 3.8) is 0 Å². The van der Waals surface area contributed by atoms with E-state index in [1.54, 1.807) is 0 Å². The molecule has 3 aromatic rings. The van der Waals surface area contributed by atoms with Crippen molar-refractivity contribution in [3.8, 4) is 11.5 Å². The van der Waals surface area contributed by atoms with Gasteiger partial charge in [0.25, 0.3) is 0 Å². The fourth-order valence-electron chi connectivity index (χ4n) is 2.45. The summed E-state index contributed by atoms with van der Waals surface area (Å²) in [5.74, 6) is -4.30. The summed E-state index contributed by atoms with van der Waals surface area (Å²) in [6, 6.07) is 3.31. The molecule has 154 valence electrons. The molecule has 0 aliphatic carbocycles. The number of fused-ring (bicyclic) bond motifs is 1. The molecule has 0 bridgehead atoms. The number of aromatic nitrogens is 2. The average molecular weight is 443 g/mol. The topological polar surface area (TPSA) is 64.3 Å². The van der Waals surface area contributed by atoms with Crippen LogP contribution in [0.1, 0.15) is 11.4 Å². The van der Waals surface area contributed by atoms with Crippen molar-refractivity contribution in [1.82, 2.24) is 9.55 Å². The minimum atomic E-state index is -5.08. The molecular weight excluding hydrogens is 437 g/mol. The minimum Gasteiger partial charge on any atom is -0.464 e. The van der Waals surface area contributed by atoms with Crippen LogP contribution in [0.15, 0.2) is 30.3 Å². The van der Waals surface area contributed by atoms with E-state index in [1.807, 2.05) is 0 Å². The van der Waals surface area contributed by atoms with Crippen LogP contribution in [-0.4, -0.2) is 20.8 Å². The molecule has 13 heteroatoms. The van der Waals surface area contributed by atoms with Crippen molar-refractivity contribution in [2.45, 2.75) is 12.4 Å². The highest BCUT2D eigenvalue weighted by Gasteiger charge is 2.39. The quantitative estimate of drug-likeness (QED) is 0.481. The largest absolute Gasteiger partial charge is 0.464 e. The lowest BCUT2D eigenvalue weighted by Crippen LogP contribution is -2.19. The third-order valence-electron chi connectivity index (χ3n) is 3.62. The number of carboxylic acid groups (broad SMARTS) is 1. The molecule has 0 aliphatic rings. The lowest BCUT2D eigenvalue weighted by Gasteiger charge is -2.12. The standard InChI is InChI=1S/C16H6ClF7N2O3/c17-8-3-6(15(19,20)21)4-9(18)12(8)29-7-1-2-11-10(5-7)25-13(16(22,23)24)26(11)14(27)28/h1-5H,(H,27,28). The molecule has 0 aliphatic heterocycles. The fraction of sp³-hybridized carbons (Fsp3) is 0.125. The monoisotopic (exact) mass is 442 g/mol. The number of nitrogens with zero attached hydrogens (tertiary/aromatic N) is 2. The van der Waals surface area contributed by atoms with Crippen LogP contribution >= 0.6 is 11.6 Å². The van der Waals surface area contributed by atoms with E-state index in [0.717, 1.165) is 18.2 Å². The van der Waals surface area contributed by atoms with Crippen molar-refractivity contribution in [3.05, 3.63) is 52.6 Å². The van der Waals surface area contributed by atoms with Gasteiger partial charge in [-0.25, -0.2) is 18.7 Å². The minimum absolute atomic E-state index is 0.0925. The first-order valence-electron chi connectivity index (χ1n) is 7.36. The SMILES string of the molecule is O=C(O)n1c(C(F)(F)F)nc2cc(Oc3c(F)cc(C(F)(F)F)cc3Cl)ccc21. The van der Waals surface area contributed by atoms with Crippen LogP contribution < -0.4 is 4.74 Å². The Morgan fingerprint density at radius 3 is 2.24 bits per heavy atom. The van der Waals surface area contributed by atoms with E-state index in [4.69, 9.17) is 21.4 Å². The number of benzene rings is 2. The first kappa shape index (κ1) is 20.7. The number of imidazole rings is 1. The van der Waals surface area contributed by atoms with Gasteiger partial charge in [-0.15, -0.1) is 0 Å². The number of alkyl halides is 6. The molecule has 2 aromatic carbocycles. The predicted molar refractivity (Wildman–Crippen MR) is 84.6 cm³/mol. The molecule has 3 rings (SSSR count). The van der Waals surface area contributed by atoms with Gasteiger partial charge in [-0.3, -0.25) is 0 Å². The fourth-order valence-corrected chi connectivity index (χ4v) is 2.69. The van der Waals surface area contributed by atoms with E-state index >= 15 is 0 Å². The van der Waals surface area contributed by atoms with E-state index in [2.05, 4.69) is 4.98 Å². The van der Waals surface area contributed by atoms with Gasteiger partial charge < -0.3 is 9.84 Å². The smallest absolute Gasteiger partial charge is 0.450 e. The molecule has 1 aromatic heterocycles. The Kier molecular flexibility index (Phi) is 4.85. The second-order valence-corrected chi connectivity index (χ2v) is 5.98. The number of hydrogen-bond acceptors (Lipinski definition) is 3. The Labute approximate surface area is 160 Å². The van der Waals surface area contributed by atoms with E-state index in [-0.39, 0.29) is 16.4 Å². The number of ether oxygens (including phenoxy) is 1. The molecule has 0 saturated carbocycles. The van der Waals surface area contributed by atoms with Gasteiger partial charge in [-0.1, -0.05) is 11.6 Å². The van der Waals surface area contributed by atoms with Gasteiger partial charge in [-0.2, -0.15) is 26.3 Å². The lowest BCUT2D eigenvalue weighted by molar-refractivity contribution is -0.146. The first-order valence-corrected chi connectivity index (χ1v) is 7.74. The Hall–Kier alpha value is -3.02. The van der Waals surface area contributed by atoms with Crippen LogP contribution in [-0.2, 0) is 12.4 Å². The molecule has 29 heavy (non-hydrogen) atoms. The molecule has 5 nitrogen and oxygen atoms in total. The molecule has 0 atom stereocenters. The van der Waals surface area contributed by atoms with Crippen molar-refractivity contribution < 1.29 is 45.4 Å². The first-order chi connectivity index (χ1) is 13.3. The normalized spacial score (nSPS) is 12.4. The van der Waals surface area contributed by atoms with Crippen LogP contribution in [0.5, 0.6) is 11.5 Å². The molecule has 0 radical (unpaired) electrons. The second-order valence-electron chi connectivity index (χ2n) is 5.57. The number of halogens is 8. The second kappa shape index (κ2) is 6.79. The summed E-state index contributed by atoms with van der Waals surface area (Å²) in [5.41, 5.74) is -2.25. The molecular formula is C16H6ClF7N2O3. The lowest BCUT2D eigenvalue weighted by atomic mass is 10.2. The summed E-state index contributed by atoms with van der Waals surface area (Å²) < 4.78 is 96.0. The maximum Gasteiger partial charge on any atom is 0.450 e. The van der Waals surface area contributed by atoms with Crippen LogP contribution in [0.25, 0.3) is 11.0 Å². The Morgan fingerprint density at radius 2 is 1.72 bits per heavy atom. The third kappa shape index (κ3) is 3.92. The Morgan fingerprint density at radius 1 is 1.07 bits per heavy atom. The third-order valence-corrected chi connectivity index (χ3v) is 3.90. The van der Waals surface area contributed by atoms with Crippen LogP contribution in [0.2, 0.25) is 5.02 Å². The number of rotatable bonds is 2. The van der Waals surface area contributed by atoms with E-state index in [1.165, 1.54) is 0 Å². The van der Waals surface area contributed by atoms with E-state index in [9.17, 15) is 35.5 Å². The van der Waals surface area contributed by atoms with Crippen LogP contribution in [0.3, 0.4) is 0 Å². The van der Waals surface area contributed by atoms with Gasteiger partial charge in [0.05, 0.1) is 21.6 Å². The maximum atomic E-state index is 14.0. The van der Waals surface area contributed by atoms with Crippen LogP contribution in [0, 0.1) is 5.82 Å². The van der Waals surface area contributed by atoms with Gasteiger partial charge in [0.15, 0.2) is 11.6 Å². The Balaban J connectivity index is 2.06. The summed E-state index contributed by atoms with van der Waals surface area (Å²) in [4.78, 5) is 14.4. The zero-order valence-electron chi connectivity index (χ0n) is 13.6. The van der Waals surface area contributed by atoms with Gasteiger partial charge in [-0.05, 0) is 24.3 Å². The highest BCUT2D eigenvalue weighted by atomic mass is 35.5. The summed E-state index contributed by atoms with van der Waals surface area (Å²) in [7, 11) is 0. The van der Waals surface area contributed by atoms with Crippen molar-refractivity contribution in [2.24, 2.45) is 0 Å². The average Bonchev–Trinajstić information content (AvgIpc) is 2.96. The van der Waals surface area contributed by atoms with E-state index < -0.39 is 57.5 Å². The zero-order valence-corrected chi connectivity index (χ0v) is 14.3. The molecule has 0 amide bonds. The molecule has 1 heterocycles. The van der Waals surface area contributed by atoms with Crippen molar-refractivity contribution in [1.29, 1.82) is 0 Å². The molecule has 1 N–H and O–H groups in total. The number of hydrogen-bond donors (Lipinski definition) is 1.